The van der Waals surface area contributed by atoms with Crippen molar-refractivity contribution in [1.82, 2.24) is 15.5 Å². The fourth-order valence-electron chi connectivity index (χ4n) is 5.74. The van der Waals surface area contributed by atoms with Crippen molar-refractivity contribution in [3.63, 3.8) is 0 Å². The van der Waals surface area contributed by atoms with Crippen LogP contribution in [0.15, 0.2) is 47.5 Å². The number of allylic oxidation sites excluding steroid dienone is 2. The van der Waals surface area contributed by atoms with Gasteiger partial charge in [0.2, 0.25) is 11.8 Å². The molecule has 0 spiro atoms. The van der Waals surface area contributed by atoms with E-state index in [0.717, 1.165) is 31.9 Å². The van der Waals surface area contributed by atoms with Crippen molar-refractivity contribution in [2.45, 2.75) is 32.1 Å². The molecule has 2 bridgehead atoms. The van der Waals surface area contributed by atoms with Crippen molar-refractivity contribution >= 4 is 17.8 Å². The fraction of sp³-hybridized carbons (Fsp3) is 0.560. The van der Waals surface area contributed by atoms with Gasteiger partial charge in [0, 0.05) is 26.2 Å². The molecule has 1 aromatic carbocycles. The van der Waals surface area contributed by atoms with Gasteiger partial charge in [-0.3, -0.25) is 19.5 Å². The SMILES string of the molecule is CCNC(=NCC1CC1c1ccccc1)NCCCN1C(=O)C2C3C=CC(C3)C2C1=O. The summed E-state index contributed by atoms with van der Waals surface area (Å²) in [6.07, 6.45) is 7.20. The Hall–Kier alpha value is -2.63. The highest BCUT2D eigenvalue weighted by molar-refractivity contribution is 6.06. The van der Waals surface area contributed by atoms with E-state index in [1.54, 1.807) is 0 Å². The number of likely N-dealkylation sites (tertiary alicyclic amines) is 1. The number of benzene rings is 1. The van der Waals surface area contributed by atoms with Crippen molar-refractivity contribution in [2.75, 3.05) is 26.2 Å². The summed E-state index contributed by atoms with van der Waals surface area (Å²) in [4.78, 5) is 31.8. The number of imide groups is 1. The lowest BCUT2D eigenvalue weighted by molar-refractivity contribution is -0.140. The topological polar surface area (TPSA) is 73.8 Å². The monoisotopic (exact) mass is 420 g/mol. The third-order valence-electron chi connectivity index (χ3n) is 7.39. The Bertz CT molecular complexity index is 866. The van der Waals surface area contributed by atoms with Crippen LogP contribution < -0.4 is 10.6 Å². The van der Waals surface area contributed by atoms with Crippen molar-refractivity contribution in [1.29, 1.82) is 0 Å². The standard InChI is InChI=1S/C25H32N4O2/c1-2-26-25(28-15-19-14-20(19)16-7-4-3-5-8-16)27-11-6-12-29-23(30)21-17-9-10-18(13-17)22(21)24(29)31/h3-5,7-10,17-22H,2,6,11-15H2,1H3,(H2,26,27,28). The third kappa shape index (κ3) is 3.88. The van der Waals surface area contributed by atoms with E-state index < -0.39 is 0 Å². The summed E-state index contributed by atoms with van der Waals surface area (Å²) in [6.45, 7) is 4.87. The summed E-state index contributed by atoms with van der Waals surface area (Å²) in [6, 6.07) is 10.7. The van der Waals surface area contributed by atoms with Crippen LogP contribution in [0.25, 0.3) is 0 Å². The number of hydrogen-bond donors (Lipinski definition) is 2. The molecule has 3 fully saturated rings. The highest BCUT2D eigenvalue weighted by atomic mass is 16.2. The maximum Gasteiger partial charge on any atom is 0.233 e. The number of hydrogen-bond acceptors (Lipinski definition) is 3. The molecule has 1 aliphatic heterocycles. The molecule has 1 heterocycles. The van der Waals surface area contributed by atoms with E-state index in [1.165, 1.54) is 16.9 Å². The van der Waals surface area contributed by atoms with Crippen molar-refractivity contribution in [3.8, 4) is 0 Å². The van der Waals surface area contributed by atoms with Gasteiger partial charge in [-0.1, -0.05) is 42.5 Å². The predicted octanol–water partition coefficient (Wildman–Crippen LogP) is 2.54. The van der Waals surface area contributed by atoms with Gasteiger partial charge in [0.1, 0.15) is 0 Å². The summed E-state index contributed by atoms with van der Waals surface area (Å²) in [7, 11) is 0. The quantitative estimate of drug-likeness (QED) is 0.223. The largest absolute Gasteiger partial charge is 0.357 e. The third-order valence-corrected chi connectivity index (χ3v) is 7.39. The molecule has 1 aromatic rings. The molecule has 6 nitrogen and oxygen atoms in total. The molecule has 6 unspecified atom stereocenters. The second-order valence-electron chi connectivity index (χ2n) is 9.34. The Morgan fingerprint density at radius 1 is 1.03 bits per heavy atom. The number of nitrogens with one attached hydrogen (secondary N) is 2. The van der Waals surface area contributed by atoms with E-state index >= 15 is 0 Å². The number of rotatable bonds is 8. The summed E-state index contributed by atoms with van der Waals surface area (Å²) in [5.74, 6) is 2.54. The molecular weight excluding hydrogens is 388 g/mol. The number of guanidine groups is 1. The molecule has 3 aliphatic carbocycles. The second-order valence-corrected chi connectivity index (χ2v) is 9.34. The van der Waals surface area contributed by atoms with E-state index in [2.05, 4.69) is 60.0 Å². The first kappa shape index (κ1) is 20.3. The highest BCUT2D eigenvalue weighted by Gasteiger charge is 2.58. The Kier molecular flexibility index (Phi) is 5.55. The number of nitrogens with zero attached hydrogens (tertiary/aromatic N) is 2. The van der Waals surface area contributed by atoms with Crippen LogP contribution in [0.4, 0.5) is 0 Å². The van der Waals surface area contributed by atoms with E-state index in [1.807, 2.05) is 0 Å². The highest BCUT2D eigenvalue weighted by Crippen LogP contribution is 2.52. The van der Waals surface area contributed by atoms with Gasteiger partial charge in [0.05, 0.1) is 11.8 Å². The van der Waals surface area contributed by atoms with E-state index in [4.69, 9.17) is 4.99 Å². The molecule has 6 heteroatoms. The number of aliphatic imine (C=N–C) groups is 1. The van der Waals surface area contributed by atoms with E-state index in [9.17, 15) is 9.59 Å². The molecule has 0 aromatic heterocycles. The Morgan fingerprint density at radius 2 is 1.74 bits per heavy atom. The van der Waals surface area contributed by atoms with Crippen molar-refractivity contribution < 1.29 is 9.59 Å². The molecule has 164 valence electrons. The lowest BCUT2D eigenvalue weighted by atomic mass is 9.85. The summed E-state index contributed by atoms with van der Waals surface area (Å²) < 4.78 is 0. The van der Waals surface area contributed by atoms with Crippen LogP contribution in [0.5, 0.6) is 0 Å². The molecule has 31 heavy (non-hydrogen) atoms. The lowest BCUT2D eigenvalue weighted by Crippen LogP contribution is -2.40. The normalized spacial score (nSPS) is 33.2. The molecular formula is C25H32N4O2. The van der Waals surface area contributed by atoms with Gasteiger partial charge in [0.25, 0.3) is 0 Å². The molecule has 2 amide bonds. The Morgan fingerprint density at radius 3 is 2.42 bits per heavy atom. The van der Waals surface area contributed by atoms with Gasteiger partial charge in [-0.05, 0) is 55.4 Å². The number of amides is 2. The van der Waals surface area contributed by atoms with Crippen molar-refractivity contribution in [2.24, 2.45) is 34.6 Å². The number of carbonyl (C=O) groups is 2. The van der Waals surface area contributed by atoms with Crippen LogP contribution in [0, 0.1) is 29.6 Å². The first-order valence-electron chi connectivity index (χ1n) is 11.8. The van der Waals surface area contributed by atoms with Gasteiger partial charge in [-0.2, -0.15) is 0 Å². The molecule has 2 saturated carbocycles. The minimum Gasteiger partial charge on any atom is -0.357 e. The van der Waals surface area contributed by atoms with Crippen LogP contribution in [0.3, 0.4) is 0 Å². The minimum absolute atomic E-state index is 0.0492. The molecule has 1 saturated heterocycles. The Balaban J connectivity index is 1.08. The van der Waals surface area contributed by atoms with Crippen LogP contribution >= 0.6 is 0 Å². The Labute approximate surface area is 184 Å². The fourth-order valence-corrected chi connectivity index (χ4v) is 5.74. The van der Waals surface area contributed by atoms with Crippen LogP contribution in [-0.4, -0.2) is 48.9 Å². The average Bonchev–Trinajstić information content (AvgIpc) is 3.13. The van der Waals surface area contributed by atoms with Crippen LogP contribution in [0.2, 0.25) is 0 Å². The van der Waals surface area contributed by atoms with Gasteiger partial charge in [-0.15, -0.1) is 0 Å². The maximum absolute atomic E-state index is 12.8. The average molecular weight is 421 g/mol. The van der Waals surface area contributed by atoms with Crippen LogP contribution in [0.1, 0.15) is 37.7 Å². The van der Waals surface area contributed by atoms with Gasteiger partial charge < -0.3 is 10.6 Å². The van der Waals surface area contributed by atoms with Gasteiger partial charge in [0.15, 0.2) is 5.96 Å². The molecule has 4 aliphatic rings. The lowest BCUT2D eigenvalue weighted by Gasteiger charge is -2.18. The zero-order chi connectivity index (χ0) is 21.4. The summed E-state index contributed by atoms with van der Waals surface area (Å²) in [5, 5.41) is 6.67. The molecule has 2 N–H and O–H groups in total. The van der Waals surface area contributed by atoms with Crippen LogP contribution in [-0.2, 0) is 9.59 Å². The number of fused-ring (bicyclic) bond motifs is 5. The maximum atomic E-state index is 12.8. The molecule has 6 atom stereocenters. The summed E-state index contributed by atoms with van der Waals surface area (Å²) in [5.41, 5.74) is 1.41. The molecule has 0 radical (unpaired) electrons. The van der Waals surface area contributed by atoms with Crippen molar-refractivity contribution in [3.05, 3.63) is 48.0 Å². The van der Waals surface area contributed by atoms with Gasteiger partial charge in [-0.25, -0.2) is 0 Å². The first-order chi connectivity index (χ1) is 15.2. The van der Waals surface area contributed by atoms with E-state index in [-0.39, 0.29) is 35.5 Å². The smallest absolute Gasteiger partial charge is 0.233 e. The first-order valence-corrected chi connectivity index (χ1v) is 11.8. The predicted molar refractivity (Wildman–Crippen MR) is 120 cm³/mol. The van der Waals surface area contributed by atoms with Gasteiger partial charge >= 0.3 is 0 Å². The number of carbonyl (C=O) groups excluding carboxylic acids is 2. The molecule has 5 rings (SSSR count). The zero-order valence-electron chi connectivity index (χ0n) is 18.2. The second kappa shape index (κ2) is 8.48. The zero-order valence-corrected chi connectivity index (χ0v) is 18.2. The van der Waals surface area contributed by atoms with E-state index in [0.29, 0.717) is 24.9 Å². The minimum atomic E-state index is -0.0922. The summed E-state index contributed by atoms with van der Waals surface area (Å²) >= 11 is 0.